The average Bonchev–Trinajstić information content (AvgIpc) is 2.94. The minimum atomic E-state index is -0.354. The predicted molar refractivity (Wildman–Crippen MR) is 68.3 cm³/mol. The first-order valence-corrected chi connectivity index (χ1v) is 6.13. The number of nitrogens with one attached hydrogen (secondary N) is 2. The Bertz CT molecular complexity index is 545. The van der Waals surface area contributed by atoms with Crippen LogP contribution in [0.2, 0.25) is 0 Å². The Kier molecular flexibility index (Phi) is 2.76. The molecule has 2 atom stereocenters. The minimum absolute atomic E-state index is 0.126. The first kappa shape index (κ1) is 11.2. The SMILES string of the molecule is CC1CCC(C(=O)Nc2nc3ccccc3[nH]2)O1. The number of carbonyl (C=O) groups excluding carboxylic acids is 1. The van der Waals surface area contributed by atoms with Crippen molar-refractivity contribution >= 4 is 22.9 Å². The number of hydrogen-bond acceptors (Lipinski definition) is 3. The third-order valence-electron chi connectivity index (χ3n) is 3.16. The molecule has 2 unspecified atom stereocenters. The number of amides is 1. The first-order valence-electron chi connectivity index (χ1n) is 6.13. The highest BCUT2D eigenvalue weighted by Crippen LogP contribution is 2.20. The van der Waals surface area contributed by atoms with Crippen LogP contribution in [-0.4, -0.2) is 28.1 Å². The van der Waals surface area contributed by atoms with Crippen molar-refractivity contribution in [3.63, 3.8) is 0 Å². The number of carbonyl (C=O) groups is 1. The number of benzene rings is 1. The molecule has 1 amide bonds. The van der Waals surface area contributed by atoms with Gasteiger partial charge in [-0.15, -0.1) is 0 Å². The van der Waals surface area contributed by atoms with E-state index in [1.54, 1.807) is 0 Å². The standard InChI is InChI=1S/C13H15N3O2/c1-8-6-7-11(18-8)12(17)16-13-14-9-4-2-3-5-10(9)15-13/h2-5,8,11H,6-7H2,1H3,(H2,14,15,16,17). The fourth-order valence-corrected chi connectivity index (χ4v) is 2.20. The zero-order valence-electron chi connectivity index (χ0n) is 10.1. The first-order chi connectivity index (χ1) is 8.72. The van der Waals surface area contributed by atoms with Crippen LogP contribution < -0.4 is 5.32 Å². The molecule has 0 spiro atoms. The van der Waals surface area contributed by atoms with Crippen LogP contribution in [0.25, 0.3) is 11.0 Å². The Morgan fingerprint density at radius 1 is 1.44 bits per heavy atom. The molecule has 0 bridgehead atoms. The topological polar surface area (TPSA) is 67.0 Å². The van der Waals surface area contributed by atoms with Crippen molar-refractivity contribution in [1.29, 1.82) is 0 Å². The molecule has 1 aromatic carbocycles. The summed E-state index contributed by atoms with van der Waals surface area (Å²) < 4.78 is 5.52. The highest BCUT2D eigenvalue weighted by atomic mass is 16.5. The second-order valence-corrected chi connectivity index (χ2v) is 4.60. The molecular weight excluding hydrogens is 230 g/mol. The summed E-state index contributed by atoms with van der Waals surface area (Å²) >= 11 is 0. The Hall–Kier alpha value is -1.88. The third-order valence-corrected chi connectivity index (χ3v) is 3.16. The molecule has 0 saturated carbocycles. The second kappa shape index (κ2) is 4.42. The van der Waals surface area contributed by atoms with Crippen molar-refractivity contribution in [3.8, 4) is 0 Å². The lowest BCUT2D eigenvalue weighted by Crippen LogP contribution is -2.28. The average molecular weight is 245 g/mol. The number of hydrogen-bond donors (Lipinski definition) is 2. The molecule has 2 N–H and O–H groups in total. The smallest absolute Gasteiger partial charge is 0.255 e. The van der Waals surface area contributed by atoms with Crippen molar-refractivity contribution in [2.75, 3.05) is 5.32 Å². The lowest BCUT2D eigenvalue weighted by atomic mass is 10.2. The molecule has 1 aromatic heterocycles. The summed E-state index contributed by atoms with van der Waals surface area (Å²) in [5, 5.41) is 2.76. The van der Waals surface area contributed by atoms with E-state index in [1.807, 2.05) is 31.2 Å². The fraction of sp³-hybridized carbons (Fsp3) is 0.385. The lowest BCUT2D eigenvalue weighted by molar-refractivity contribution is -0.126. The van der Waals surface area contributed by atoms with Crippen LogP contribution in [0.5, 0.6) is 0 Å². The molecule has 1 aliphatic heterocycles. The van der Waals surface area contributed by atoms with Crippen LogP contribution in [-0.2, 0) is 9.53 Å². The Morgan fingerprint density at radius 2 is 2.28 bits per heavy atom. The van der Waals surface area contributed by atoms with E-state index >= 15 is 0 Å². The van der Waals surface area contributed by atoms with Gasteiger partial charge in [-0.3, -0.25) is 10.1 Å². The molecule has 3 rings (SSSR count). The number of para-hydroxylation sites is 2. The summed E-state index contributed by atoms with van der Waals surface area (Å²) in [5.74, 6) is 0.350. The normalized spacial score (nSPS) is 23.4. The van der Waals surface area contributed by atoms with Crippen molar-refractivity contribution in [1.82, 2.24) is 9.97 Å². The number of nitrogens with zero attached hydrogens (tertiary/aromatic N) is 1. The van der Waals surface area contributed by atoms with E-state index in [2.05, 4.69) is 15.3 Å². The summed E-state index contributed by atoms with van der Waals surface area (Å²) in [6.07, 6.45) is 1.51. The van der Waals surface area contributed by atoms with Gasteiger partial charge in [-0.25, -0.2) is 4.98 Å². The predicted octanol–water partition coefficient (Wildman–Crippen LogP) is 2.07. The number of aromatic amines is 1. The molecule has 18 heavy (non-hydrogen) atoms. The summed E-state index contributed by atoms with van der Waals surface area (Å²) in [7, 11) is 0. The molecule has 94 valence electrons. The molecule has 1 fully saturated rings. The molecule has 1 aliphatic rings. The molecular formula is C13H15N3O2. The lowest BCUT2D eigenvalue weighted by Gasteiger charge is -2.09. The largest absolute Gasteiger partial charge is 0.365 e. The van der Waals surface area contributed by atoms with Crippen LogP contribution in [0.3, 0.4) is 0 Å². The van der Waals surface area contributed by atoms with E-state index in [0.717, 1.165) is 23.9 Å². The Morgan fingerprint density at radius 3 is 3.00 bits per heavy atom. The van der Waals surface area contributed by atoms with Gasteiger partial charge in [-0.05, 0) is 31.9 Å². The Balaban J connectivity index is 1.74. The zero-order chi connectivity index (χ0) is 12.5. The van der Waals surface area contributed by atoms with Crippen molar-refractivity contribution in [3.05, 3.63) is 24.3 Å². The van der Waals surface area contributed by atoms with E-state index in [0.29, 0.717) is 5.95 Å². The zero-order valence-corrected chi connectivity index (χ0v) is 10.1. The number of rotatable bonds is 2. The van der Waals surface area contributed by atoms with Gasteiger partial charge in [-0.1, -0.05) is 12.1 Å². The molecule has 0 radical (unpaired) electrons. The minimum Gasteiger partial charge on any atom is -0.365 e. The van der Waals surface area contributed by atoms with Crippen LogP contribution in [0.15, 0.2) is 24.3 Å². The summed E-state index contributed by atoms with van der Waals surface area (Å²) in [6, 6.07) is 7.66. The van der Waals surface area contributed by atoms with E-state index in [1.165, 1.54) is 0 Å². The number of imidazole rings is 1. The van der Waals surface area contributed by atoms with Crippen molar-refractivity contribution < 1.29 is 9.53 Å². The summed E-state index contributed by atoms with van der Waals surface area (Å²) in [5.41, 5.74) is 1.75. The summed E-state index contributed by atoms with van der Waals surface area (Å²) in [6.45, 7) is 1.98. The molecule has 2 aromatic rings. The van der Waals surface area contributed by atoms with Crippen LogP contribution in [0.4, 0.5) is 5.95 Å². The number of ether oxygens (including phenoxy) is 1. The molecule has 5 nitrogen and oxygen atoms in total. The van der Waals surface area contributed by atoms with Crippen LogP contribution in [0.1, 0.15) is 19.8 Å². The maximum atomic E-state index is 11.9. The third kappa shape index (κ3) is 2.09. The van der Waals surface area contributed by atoms with Gasteiger partial charge in [0.15, 0.2) is 0 Å². The number of fused-ring (bicyclic) bond motifs is 1. The maximum Gasteiger partial charge on any atom is 0.255 e. The van der Waals surface area contributed by atoms with Gasteiger partial charge in [0.05, 0.1) is 17.1 Å². The van der Waals surface area contributed by atoms with Gasteiger partial charge in [0.2, 0.25) is 5.95 Å². The van der Waals surface area contributed by atoms with Crippen LogP contribution in [0, 0.1) is 0 Å². The van der Waals surface area contributed by atoms with Gasteiger partial charge in [0.25, 0.3) is 5.91 Å². The number of H-pyrrole nitrogens is 1. The van der Waals surface area contributed by atoms with E-state index in [-0.39, 0.29) is 18.1 Å². The van der Waals surface area contributed by atoms with Crippen molar-refractivity contribution in [2.45, 2.75) is 32.0 Å². The number of aromatic nitrogens is 2. The monoisotopic (exact) mass is 245 g/mol. The van der Waals surface area contributed by atoms with Gasteiger partial charge >= 0.3 is 0 Å². The highest BCUT2D eigenvalue weighted by Gasteiger charge is 2.28. The fourth-order valence-electron chi connectivity index (χ4n) is 2.20. The molecule has 0 aliphatic carbocycles. The van der Waals surface area contributed by atoms with E-state index < -0.39 is 0 Å². The molecule has 2 heterocycles. The molecule has 5 heteroatoms. The molecule has 1 saturated heterocycles. The van der Waals surface area contributed by atoms with E-state index in [9.17, 15) is 4.79 Å². The summed E-state index contributed by atoms with van der Waals surface area (Å²) in [4.78, 5) is 19.3. The van der Waals surface area contributed by atoms with Gasteiger partial charge in [-0.2, -0.15) is 0 Å². The van der Waals surface area contributed by atoms with Gasteiger partial charge < -0.3 is 9.72 Å². The van der Waals surface area contributed by atoms with E-state index in [4.69, 9.17) is 4.74 Å². The quantitative estimate of drug-likeness (QED) is 0.851. The Labute approximate surface area is 105 Å². The highest BCUT2D eigenvalue weighted by molar-refractivity contribution is 5.94. The second-order valence-electron chi connectivity index (χ2n) is 4.60. The van der Waals surface area contributed by atoms with Gasteiger partial charge in [0, 0.05) is 0 Å². The van der Waals surface area contributed by atoms with Gasteiger partial charge in [0.1, 0.15) is 6.10 Å². The maximum absolute atomic E-state index is 11.9. The van der Waals surface area contributed by atoms with Crippen LogP contribution >= 0.6 is 0 Å². The number of anilines is 1. The van der Waals surface area contributed by atoms with Crippen molar-refractivity contribution in [2.24, 2.45) is 0 Å².